The number of hydrogen-bond donors (Lipinski definition) is 1. The maximum absolute atomic E-state index is 5.95. The van der Waals surface area contributed by atoms with Gasteiger partial charge in [0, 0.05) is 26.2 Å². The van der Waals surface area contributed by atoms with Gasteiger partial charge in [-0.3, -0.25) is 0 Å². The minimum absolute atomic E-state index is 0.485. The van der Waals surface area contributed by atoms with E-state index in [1.54, 1.807) is 6.20 Å². The molecule has 2 N–H and O–H groups in total. The van der Waals surface area contributed by atoms with E-state index in [4.69, 9.17) is 15.2 Å². The van der Waals surface area contributed by atoms with Crippen LogP contribution in [-0.2, 0) is 9.47 Å². The monoisotopic (exact) mass is 265 g/mol. The summed E-state index contributed by atoms with van der Waals surface area (Å²) in [4.78, 5) is 13.3. The predicted octanol–water partition coefficient (Wildman–Crippen LogP) is -0.268. The first-order valence-electron chi connectivity index (χ1n) is 6.62. The van der Waals surface area contributed by atoms with Crippen molar-refractivity contribution in [2.45, 2.75) is 0 Å². The Bertz CT molecular complexity index is 430. The molecule has 0 radical (unpaired) electrons. The number of morpholine rings is 2. The highest BCUT2D eigenvalue weighted by atomic mass is 16.5. The Labute approximate surface area is 112 Å². The number of ether oxygens (including phenoxy) is 2. The van der Waals surface area contributed by atoms with Crippen molar-refractivity contribution in [3.05, 3.63) is 6.20 Å². The molecule has 2 aliphatic heterocycles. The molecule has 0 aliphatic carbocycles. The normalized spacial score (nSPS) is 20.6. The van der Waals surface area contributed by atoms with Crippen LogP contribution in [0.25, 0.3) is 0 Å². The summed E-state index contributed by atoms with van der Waals surface area (Å²) in [5, 5.41) is 0. The third kappa shape index (κ3) is 2.71. The Morgan fingerprint density at radius 1 is 0.947 bits per heavy atom. The minimum atomic E-state index is 0.485. The molecule has 0 atom stereocenters. The van der Waals surface area contributed by atoms with E-state index in [9.17, 15) is 0 Å². The number of nitrogens with two attached hydrogens (primary N) is 1. The fourth-order valence-electron chi connectivity index (χ4n) is 2.33. The molecule has 2 saturated heterocycles. The van der Waals surface area contributed by atoms with Gasteiger partial charge in [-0.05, 0) is 0 Å². The summed E-state index contributed by atoms with van der Waals surface area (Å²) in [6.45, 7) is 6.21. The standard InChI is InChI=1S/C12H19N5O2/c13-11-12(17-3-7-19-8-4-17)15-10(9-14-11)16-1-5-18-6-2-16/h9H,1-8H2,(H2,13,14). The van der Waals surface area contributed by atoms with Gasteiger partial charge in [0.15, 0.2) is 11.6 Å². The number of aromatic nitrogens is 2. The fourth-order valence-corrected chi connectivity index (χ4v) is 2.33. The minimum Gasteiger partial charge on any atom is -0.381 e. The molecule has 7 nitrogen and oxygen atoms in total. The second-order valence-corrected chi connectivity index (χ2v) is 4.64. The maximum Gasteiger partial charge on any atom is 0.173 e. The summed E-state index contributed by atoms with van der Waals surface area (Å²) < 4.78 is 10.7. The third-order valence-corrected chi connectivity index (χ3v) is 3.41. The molecule has 0 unspecified atom stereocenters. The topological polar surface area (TPSA) is 76.7 Å². The van der Waals surface area contributed by atoms with E-state index in [2.05, 4.69) is 19.8 Å². The van der Waals surface area contributed by atoms with E-state index >= 15 is 0 Å². The largest absolute Gasteiger partial charge is 0.381 e. The molecule has 0 amide bonds. The molecule has 2 fully saturated rings. The van der Waals surface area contributed by atoms with E-state index in [0.29, 0.717) is 19.0 Å². The molecule has 3 rings (SSSR count). The lowest BCUT2D eigenvalue weighted by molar-refractivity contribution is 0.121. The number of nitrogens with zero attached hydrogens (tertiary/aromatic N) is 4. The van der Waals surface area contributed by atoms with E-state index in [1.807, 2.05) is 0 Å². The Kier molecular flexibility index (Phi) is 3.65. The Balaban J connectivity index is 1.82. The van der Waals surface area contributed by atoms with Crippen LogP contribution >= 0.6 is 0 Å². The van der Waals surface area contributed by atoms with Gasteiger partial charge in [-0.2, -0.15) is 0 Å². The zero-order valence-corrected chi connectivity index (χ0v) is 10.9. The molecule has 3 heterocycles. The molecule has 19 heavy (non-hydrogen) atoms. The summed E-state index contributed by atoms with van der Waals surface area (Å²) in [6, 6.07) is 0. The zero-order chi connectivity index (χ0) is 13.1. The molecule has 2 aliphatic rings. The molecule has 0 aromatic carbocycles. The summed E-state index contributed by atoms with van der Waals surface area (Å²) in [5.74, 6) is 2.13. The number of rotatable bonds is 2. The van der Waals surface area contributed by atoms with Crippen LogP contribution in [0.3, 0.4) is 0 Å². The summed E-state index contributed by atoms with van der Waals surface area (Å²) in [6.07, 6.45) is 1.74. The van der Waals surface area contributed by atoms with Crippen LogP contribution in [0.2, 0.25) is 0 Å². The SMILES string of the molecule is Nc1ncc(N2CCOCC2)nc1N1CCOCC1. The number of nitrogen functional groups attached to an aromatic ring is 1. The third-order valence-electron chi connectivity index (χ3n) is 3.41. The highest BCUT2D eigenvalue weighted by Crippen LogP contribution is 2.23. The fraction of sp³-hybridized carbons (Fsp3) is 0.667. The first kappa shape index (κ1) is 12.4. The molecule has 0 saturated carbocycles. The Hall–Kier alpha value is -1.60. The lowest BCUT2D eigenvalue weighted by Gasteiger charge is -2.31. The van der Waals surface area contributed by atoms with Crippen molar-refractivity contribution in [1.82, 2.24) is 9.97 Å². The zero-order valence-electron chi connectivity index (χ0n) is 10.9. The van der Waals surface area contributed by atoms with Crippen LogP contribution in [0.15, 0.2) is 6.20 Å². The number of hydrogen-bond acceptors (Lipinski definition) is 7. The Morgan fingerprint density at radius 2 is 1.53 bits per heavy atom. The average molecular weight is 265 g/mol. The van der Waals surface area contributed by atoms with Crippen LogP contribution in [-0.4, -0.2) is 62.6 Å². The maximum atomic E-state index is 5.95. The van der Waals surface area contributed by atoms with Gasteiger partial charge in [-0.25, -0.2) is 9.97 Å². The smallest absolute Gasteiger partial charge is 0.173 e. The van der Waals surface area contributed by atoms with Crippen molar-refractivity contribution in [1.29, 1.82) is 0 Å². The van der Waals surface area contributed by atoms with Crippen LogP contribution in [0, 0.1) is 0 Å². The average Bonchev–Trinajstić information content (AvgIpc) is 2.49. The van der Waals surface area contributed by atoms with Crippen molar-refractivity contribution in [2.75, 3.05) is 68.1 Å². The lowest BCUT2D eigenvalue weighted by atomic mass is 10.4. The molecule has 1 aromatic rings. The van der Waals surface area contributed by atoms with Crippen molar-refractivity contribution >= 4 is 17.5 Å². The van der Waals surface area contributed by atoms with Gasteiger partial charge in [0.25, 0.3) is 0 Å². The quantitative estimate of drug-likeness (QED) is 0.789. The first-order chi connectivity index (χ1) is 9.34. The van der Waals surface area contributed by atoms with E-state index in [1.165, 1.54) is 0 Å². The summed E-state index contributed by atoms with van der Waals surface area (Å²) >= 11 is 0. The predicted molar refractivity (Wildman–Crippen MR) is 72.5 cm³/mol. The molecule has 0 spiro atoms. The molecule has 1 aromatic heterocycles. The van der Waals surface area contributed by atoms with Gasteiger partial charge in [0.05, 0.1) is 32.6 Å². The van der Waals surface area contributed by atoms with E-state index < -0.39 is 0 Å². The van der Waals surface area contributed by atoms with Crippen LogP contribution in [0.1, 0.15) is 0 Å². The van der Waals surface area contributed by atoms with Gasteiger partial charge in [0.2, 0.25) is 0 Å². The van der Waals surface area contributed by atoms with Crippen LogP contribution in [0.4, 0.5) is 17.5 Å². The highest BCUT2D eigenvalue weighted by Gasteiger charge is 2.19. The van der Waals surface area contributed by atoms with Crippen LogP contribution < -0.4 is 15.5 Å². The van der Waals surface area contributed by atoms with Gasteiger partial charge in [-0.1, -0.05) is 0 Å². The number of anilines is 3. The van der Waals surface area contributed by atoms with Crippen molar-refractivity contribution in [3.8, 4) is 0 Å². The molecular weight excluding hydrogens is 246 g/mol. The van der Waals surface area contributed by atoms with Gasteiger partial charge < -0.3 is 25.0 Å². The Morgan fingerprint density at radius 3 is 2.16 bits per heavy atom. The van der Waals surface area contributed by atoms with Gasteiger partial charge >= 0.3 is 0 Å². The lowest BCUT2D eigenvalue weighted by Crippen LogP contribution is -2.39. The van der Waals surface area contributed by atoms with Crippen molar-refractivity contribution in [3.63, 3.8) is 0 Å². The molecular formula is C12H19N5O2. The van der Waals surface area contributed by atoms with E-state index in [-0.39, 0.29) is 0 Å². The van der Waals surface area contributed by atoms with Crippen LogP contribution in [0.5, 0.6) is 0 Å². The molecule has 7 heteroatoms. The second kappa shape index (κ2) is 5.58. The van der Waals surface area contributed by atoms with Gasteiger partial charge in [-0.15, -0.1) is 0 Å². The highest BCUT2D eigenvalue weighted by molar-refractivity contribution is 5.61. The molecule has 104 valence electrons. The van der Waals surface area contributed by atoms with Crippen molar-refractivity contribution < 1.29 is 9.47 Å². The second-order valence-electron chi connectivity index (χ2n) is 4.64. The van der Waals surface area contributed by atoms with E-state index in [0.717, 1.165) is 51.0 Å². The molecule has 0 bridgehead atoms. The first-order valence-corrected chi connectivity index (χ1v) is 6.62. The summed E-state index contributed by atoms with van der Waals surface area (Å²) in [5.41, 5.74) is 5.95. The van der Waals surface area contributed by atoms with Gasteiger partial charge in [0.1, 0.15) is 5.82 Å². The summed E-state index contributed by atoms with van der Waals surface area (Å²) in [7, 11) is 0. The van der Waals surface area contributed by atoms with Crippen molar-refractivity contribution in [2.24, 2.45) is 0 Å².